The topological polar surface area (TPSA) is 107 Å². The lowest BCUT2D eigenvalue weighted by molar-refractivity contribution is -0.139. The predicted molar refractivity (Wildman–Crippen MR) is 108 cm³/mol. The molecule has 1 aliphatic heterocycles. The molecule has 2 aromatic rings. The number of carbonyl (C=O) groups excluding carboxylic acids is 2. The van der Waals surface area contributed by atoms with Gasteiger partial charge in [-0.25, -0.2) is 9.59 Å². The van der Waals surface area contributed by atoms with E-state index in [1.165, 1.54) is 11.8 Å². The Hall–Kier alpha value is -3.01. The third-order valence-corrected chi connectivity index (χ3v) is 5.31. The van der Waals surface area contributed by atoms with Crippen LogP contribution in [0.4, 0.5) is 4.79 Å². The van der Waals surface area contributed by atoms with E-state index in [-0.39, 0.29) is 12.6 Å². The molecular weight excluding hydrogens is 394 g/mol. The summed E-state index contributed by atoms with van der Waals surface area (Å²) in [5.41, 5.74) is 1.80. The van der Waals surface area contributed by atoms with Crippen LogP contribution in [0, 0.1) is 0 Å². The molecule has 1 aromatic heterocycles. The van der Waals surface area contributed by atoms with Crippen LogP contribution in [-0.2, 0) is 9.53 Å². The van der Waals surface area contributed by atoms with Gasteiger partial charge >= 0.3 is 12.0 Å². The van der Waals surface area contributed by atoms with Crippen LogP contribution < -0.4 is 15.4 Å². The van der Waals surface area contributed by atoms with E-state index in [1.54, 1.807) is 20.4 Å². The van der Waals surface area contributed by atoms with Crippen molar-refractivity contribution in [2.24, 2.45) is 0 Å². The van der Waals surface area contributed by atoms with Gasteiger partial charge in [-0.1, -0.05) is 24.8 Å². The molecule has 0 spiro atoms. The number of carbonyl (C=O) groups is 2. The molecule has 0 bridgehead atoms. The maximum absolute atomic E-state index is 12.5. The lowest BCUT2D eigenvalue weighted by Crippen LogP contribution is -2.50. The first kappa shape index (κ1) is 20.7. The minimum absolute atomic E-state index is 0.261. The van der Waals surface area contributed by atoms with Gasteiger partial charge in [0.15, 0.2) is 5.16 Å². The average Bonchev–Trinajstić information content (AvgIpc) is 3.20. The van der Waals surface area contributed by atoms with Crippen molar-refractivity contribution >= 4 is 23.8 Å². The number of esters is 1. The zero-order valence-corrected chi connectivity index (χ0v) is 17.3. The van der Waals surface area contributed by atoms with Crippen molar-refractivity contribution in [1.82, 2.24) is 25.4 Å². The first-order chi connectivity index (χ1) is 14.1. The quantitative estimate of drug-likeness (QED) is 0.501. The number of nitrogens with one attached hydrogen (secondary N) is 2. The summed E-state index contributed by atoms with van der Waals surface area (Å²) in [7, 11) is 1.61. The highest BCUT2D eigenvalue weighted by Crippen LogP contribution is 2.26. The van der Waals surface area contributed by atoms with Crippen LogP contribution in [0.3, 0.4) is 0 Å². The number of hydrogen-bond acceptors (Lipinski definition) is 7. The number of thioether (sulfide) groups is 1. The van der Waals surface area contributed by atoms with Crippen LogP contribution in [-0.4, -0.2) is 52.3 Å². The van der Waals surface area contributed by atoms with Gasteiger partial charge in [-0.05, 0) is 25.5 Å². The number of hydrogen-bond donors (Lipinski definition) is 2. The van der Waals surface area contributed by atoms with E-state index in [4.69, 9.17) is 9.47 Å². The summed E-state index contributed by atoms with van der Waals surface area (Å²) in [6.45, 7) is 3.91. The Bertz CT molecular complexity index is 927. The van der Waals surface area contributed by atoms with E-state index >= 15 is 0 Å². The highest BCUT2D eigenvalue weighted by Gasteiger charge is 2.31. The van der Waals surface area contributed by atoms with Crippen molar-refractivity contribution in [3.8, 4) is 11.4 Å². The monoisotopic (exact) mass is 417 g/mol. The standard InChI is InChI=1S/C19H23N5O4S/c1-4-14-16(17(25)28-5-2)15(22-18(26)21-14)10-29-19-23-20-11-24(19)12-7-6-8-13(9-12)27-3/h6-9,11,14H,4-5,10H2,1-3H3,(H2,21,22,26)/t14-/m1/s1. The Kier molecular flexibility index (Phi) is 6.76. The SMILES string of the molecule is CCOC(=O)C1=C(CSc2nncn2-c2cccc(OC)c2)NC(=O)N[C@@H]1CC. The molecule has 0 aliphatic carbocycles. The molecule has 9 nitrogen and oxygen atoms in total. The fourth-order valence-electron chi connectivity index (χ4n) is 2.97. The van der Waals surface area contributed by atoms with Gasteiger partial charge in [0.1, 0.15) is 12.1 Å². The van der Waals surface area contributed by atoms with E-state index in [0.717, 1.165) is 11.4 Å². The van der Waals surface area contributed by atoms with Gasteiger partial charge in [-0.15, -0.1) is 10.2 Å². The molecule has 0 saturated heterocycles. The first-order valence-corrected chi connectivity index (χ1v) is 10.2. The molecular formula is C19H23N5O4S. The van der Waals surface area contributed by atoms with Gasteiger partial charge in [0.25, 0.3) is 0 Å². The molecule has 0 saturated carbocycles. The zero-order chi connectivity index (χ0) is 20.8. The molecule has 1 atom stereocenters. The fourth-order valence-corrected chi connectivity index (χ4v) is 3.87. The molecule has 0 fully saturated rings. The molecule has 2 N–H and O–H groups in total. The minimum Gasteiger partial charge on any atom is -0.497 e. The van der Waals surface area contributed by atoms with Crippen LogP contribution in [0.5, 0.6) is 5.75 Å². The molecule has 1 aromatic carbocycles. The van der Waals surface area contributed by atoms with Crippen molar-refractivity contribution in [2.75, 3.05) is 19.5 Å². The lowest BCUT2D eigenvalue weighted by Gasteiger charge is -2.28. The van der Waals surface area contributed by atoms with Gasteiger partial charge < -0.3 is 20.1 Å². The van der Waals surface area contributed by atoms with Crippen molar-refractivity contribution < 1.29 is 19.1 Å². The lowest BCUT2D eigenvalue weighted by atomic mass is 10.0. The summed E-state index contributed by atoms with van der Waals surface area (Å²) >= 11 is 1.36. The van der Waals surface area contributed by atoms with Crippen molar-refractivity contribution in [2.45, 2.75) is 31.5 Å². The van der Waals surface area contributed by atoms with Crippen molar-refractivity contribution in [1.29, 1.82) is 0 Å². The highest BCUT2D eigenvalue weighted by molar-refractivity contribution is 7.99. The number of benzene rings is 1. The van der Waals surface area contributed by atoms with E-state index in [9.17, 15) is 9.59 Å². The zero-order valence-electron chi connectivity index (χ0n) is 16.5. The van der Waals surface area contributed by atoms with Crippen LogP contribution in [0.1, 0.15) is 20.3 Å². The van der Waals surface area contributed by atoms with Crippen LogP contribution in [0.25, 0.3) is 5.69 Å². The highest BCUT2D eigenvalue weighted by atomic mass is 32.2. The van der Waals surface area contributed by atoms with Gasteiger partial charge in [-0.3, -0.25) is 4.57 Å². The third kappa shape index (κ3) is 4.70. The average molecular weight is 417 g/mol. The Labute approximate surface area is 172 Å². The number of aromatic nitrogens is 3. The molecule has 154 valence electrons. The molecule has 2 amide bonds. The van der Waals surface area contributed by atoms with Crippen molar-refractivity contribution in [3.63, 3.8) is 0 Å². The minimum atomic E-state index is -0.434. The van der Waals surface area contributed by atoms with E-state index in [0.29, 0.717) is 28.6 Å². The second-order valence-electron chi connectivity index (χ2n) is 6.15. The van der Waals surface area contributed by atoms with Crippen molar-refractivity contribution in [3.05, 3.63) is 41.9 Å². The second-order valence-corrected chi connectivity index (χ2v) is 7.09. The normalized spacial score (nSPS) is 16.2. The molecule has 1 aliphatic rings. The maximum Gasteiger partial charge on any atom is 0.337 e. The molecule has 29 heavy (non-hydrogen) atoms. The van der Waals surface area contributed by atoms with E-state index < -0.39 is 12.0 Å². The number of ether oxygens (including phenoxy) is 2. The van der Waals surface area contributed by atoms with Gasteiger partial charge in [0.2, 0.25) is 0 Å². The van der Waals surface area contributed by atoms with E-state index in [2.05, 4.69) is 20.8 Å². The van der Waals surface area contributed by atoms with Crippen LogP contribution in [0.2, 0.25) is 0 Å². The summed E-state index contributed by atoms with van der Waals surface area (Å²) in [5, 5.41) is 14.3. The second kappa shape index (κ2) is 9.46. The Balaban J connectivity index is 1.86. The molecule has 2 heterocycles. The molecule has 3 rings (SSSR count). The summed E-state index contributed by atoms with van der Waals surface area (Å²) in [6.07, 6.45) is 2.18. The summed E-state index contributed by atoms with van der Waals surface area (Å²) in [6, 6.07) is 6.79. The third-order valence-electron chi connectivity index (χ3n) is 4.34. The maximum atomic E-state index is 12.5. The van der Waals surface area contributed by atoms with Crippen LogP contribution in [0.15, 0.2) is 47.0 Å². The first-order valence-electron chi connectivity index (χ1n) is 9.22. The number of methoxy groups -OCH3 is 1. The summed E-state index contributed by atoms with van der Waals surface area (Å²) < 4.78 is 12.3. The summed E-state index contributed by atoms with van der Waals surface area (Å²) in [5.74, 6) is 0.619. The number of rotatable bonds is 8. The number of nitrogens with zero attached hydrogens (tertiary/aromatic N) is 3. The Morgan fingerprint density at radius 2 is 2.17 bits per heavy atom. The fraction of sp³-hybridized carbons (Fsp3) is 0.368. The number of amides is 2. The Morgan fingerprint density at radius 3 is 2.90 bits per heavy atom. The smallest absolute Gasteiger partial charge is 0.337 e. The van der Waals surface area contributed by atoms with Crippen LogP contribution >= 0.6 is 11.8 Å². The molecule has 10 heteroatoms. The van der Waals surface area contributed by atoms with Gasteiger partial charge in [0.05, 0.1) is 31.0 Å². The Morgan fingerprint density at radius 1 is 1.34 bits per heavy atom. The largest absolute Gasteiger partial charge is 0.497 e. The summed E-state index contributed by atoms with van der Waals surface area (Å²) in [4.78, 5) is 24.5. The van der Waals surface area contributed by atoms with Gasteiger partial charge in [-0.2, -0.15) is 0 Å². The molecule has 0 radical (unpaired) electrons. The molecule has 0 unspecified atom stereocenters. The van der Waals surface area contributed by atoms with E-state index in [1.807, 2.05) is 35.8 Å². The predicted octanol–water partition coefficient (Wildman–Crippen LogP) is 2.28. The number of urea groups is 1. The van der Waals surface area contributed by atoms with Gasteiger partial charge in [0, 0.05) is 17.5 Å².